The van der Waals surface area contributed by atoms with Crippen molar-refractivity contribution in [1.82, 2.24) is 14.5 Å². The lowest BCUT2D eigenvalue weighted by Crippen LogP contribution is -2.58. The van der Waals surface area contributed by atoms with Crippen molar-refractivity contribution in [3.63, 3.8) is 0 Å². The van der Waals surface area contributed by atoms with Crippen molar-refractivity contribution in [3.05, 3.63) is 29.8 Å². The van der Waals surface area contributed by atoms with Gasteiger partial charge in [-0.05, 0) is 66.2 Å². The molecule has 4 rings (SSSR count). The molecule has 12 heteroatoms. The van der Waals surface area contributed by atoms with Crippen molar-refractivity contribution in [3.8, 4) is 0 Å². The van der Waals surface area contributed by atoms with Crippen LogP contribution in [0.4, 0.5) is 18.0 Å². The van der Waals surface area contributed by atoms with E-state index < -0.39 is 33.9 Å². The normalized spacial score (nSPS) is 25.9. The van der Waals surface area contributed by atoms with Gasteiger partial charge in [-0.2, -0.15) is 17.5 Å². The zero-order valence-corrected chi connectivity index (χ0v) is 25.0. The Morgan fingerprint density at radius 2 is 1.61 bits per heavy atom. The fourth-order valence-corrected chi connectivity index (χ4v) is 9.00. The van der Waals surface area contributed by atoms with E-state index in [1.54, 1.807) is 0 Å². The number of halogens is 3. The first-order valence-corrected chi connectivity index (χ1v) is 15.9. The maximum absolute atomic E-state index is 13.9. The molecule has 0 bridgehead atoms. The number of nitrogens with one attached hydrogen (secondary N) is 1. The summed E-state index contributed by atoms with van der Waals surface area (Å²) in [5.74, 6) is -0.497. The number of alkyl halides is 3. The Morgan fingerprint density at radius 1 is 1.00 bits per heavy atom. The van der Waals surface area contributed by atoms with E-state index in [1.165, 1.54) is 11.4 Å². The fraction of sp³-hybridized carbons (Fsp3) is 0.724. The number of amides is 2. The summed E-state index contributed by atoms with van der Waals surface area (Å²) in [6.07, 6.45) is 0.754. The number of carbonyl (C=O) groups excluding carboxylic acids is 1. The lowest BCUT2D eigenvalue weighted by molar-refractivity contribution is -0.137. The number of carboxylic acid groups (broad SMARTS) is 1. The smallest absolute Gasteiger partial charge is 0.416 e. The summed E-state index contributed by atoms with van der Waals surface area (Å²) in [6, 6.07) is 2.29. The molecule has 5 atom stereocenters. The number of hydrogen-bond acceptors (Lipinski definition) is 4. The van der Waals surface area contributed by atoms with Gasteiger partial charge < -0.3 is 10.4 Å². The lowest BCUT2D eigenvalue weighted by atomic mass is 9.64. The van der Waals surface area contributed by atoms with E-state index in [4.69, 9.17) is 0 Å². The number of fused-ring (bicyclic) bond motifs is 1. The molecule has 2 aliphatic carbocycles. The van der Waals surface area contributed by atoms with Crippen LogP contribution in [0.5, 0.6) is 0 Å². The third-order valence-corrected chi connectivity index (χ3v) is 11.3. The second kappa shape index (κ2) is 11.7. The van der Waals surface area contributed by atoms with Crippen molar-refractivity contribution in [1.29, 1.82) is 0 Å². The zero-order chi connectivity index (χ0) is 30.3. The molecule has 8 nitrogen and oxygen atoms in total. The van der Waals surface area contributed by atoms with Crippen molar-refractivity contribution in [2.24, 2.45) is 29.1 Å². The Morgan fingerprint density at radius 3 is 2.15 bits per heavy atom. The Labute approximate surface area is 240 Å². The third kappa shape index (κ3) is 6.68. The maximum Gasteiger partial charge on any atom is 0.416 e. The number of carbonyl (C=O) groups is 2. The Hall–Kier alpha value is -2.34. The highest BCUT2D eigenvalue weighted by Crippen LogP contribution is 2.44. The number of rotatable bonds is 7. The molecule has 2 N–H and O–H groups in total. The van der Waals surface area contributed by atoms with E-state index in [1.807, 2.05) is 0 Å². The van der Waals surface area contributed by atoms with Crippen molar-refractivity contribution >= 4 is 22.0 Å². The van der Waals surface area contributed by atoms with E-state index in [9.17, 15) is 36.3 Å². The first-order valence-electron chi connectivity index (χ1n) is 14.5. The van der Waals surface area contributed by atoms with Gasteiger partial charge in [-0.3, -0.25) is 9.69 Å². The summed E-state index contributed by atoms with van der Waals surface area (Å²) < 4.78 is 66.8. The van der Waals surface area contributed by atoms with Crippen LogP contribution < -0.4 is 5.32 Å². The molecule has 0 spiro atoms. The van der Waals surface area contributed by atoms with Gasteiger partial charge in [0.2, 0.25) is 15.9 Å². The number of nitrogens with zero attached hydrogens (tertiary/aromatic N) is 2. The molecule has 3 aliphatic rings. The molecule has 2 amide bonds. The lowest BCUT2D eigenvalue weighted by Gasteiger charge is -2.45. The van der Waals surface area contributed by atoms with Gasteiger partial charge in [0, 0.05) is 26.2 Å². The van der Waals surface area contributed by atoms with Gasteiger partial charge in [0.05, 0.1) is 10.5 Å². The van der Waals surface area contributed by atoms with E-state index in [0.717, 1.165) is 61.3 Å². The summed E-state index contributed by atoms with van der Waals surface area (Å²) >= 11 is 0. The van der Waals surface area contributed by atoms with Gasteiger partial charge in [-0.1, -0.05) is 52.9 Å². The van der Waals surface area contributed by atoms with E-state index >= 15 is 0 Å². The maximum atomic E-state index is 13.9. The minimum Gasteiger partial charge on any atom is -0.465 e. The topological polar surface area (TPSA) is 107 Å². The second-order valence-electron chi connectivity index (χ2n) is 13.1. The molecule has 1 aliphatic heterocycles. The minimum atomic E-state index is -4.56. The molecule has 230 valence electrons. The highest BCUT2D eigenvalue weighted by Gasteiger charge is 2.50. The molecular formula is C29H42F3N3O5S. The number of benzene rings is 1. The summed E-state index contributed by atoms with van der Waals surface area (Å²) in [5.41, 5.74) is -1.24. The standard InChI is InChI=1S/C29H42F3N3O5S/c1-28(2,3)24(18-8-6-5-7-9-18)25(34(4)27(37)38)26(36)33-23-15-10-19-16-35(17-22(19)23)41(39,40)21-13-11-20(12-14-21)29(30,31)32/h11-14,18-19,22-25H,5-10,15-17H2,1-4H3,(H,33,36)(H,37,38)/t19-,22+,23+,24-,25?/m1/s1. The molecule has 1 aromatic carbocycles. The monoisotopic (exact) mass is 601 g/mol. The van der Waals surface area contributed by atoms with Crippen LogP contribution in [-0.2, 0) is 21.0 Å². The molecule has 1 aromatic rings. The van der Waals surface area contributed by atoms with Crippen molar-refractivity contribution in [2.75, 3.05) is 20.1 Å². The SMILES string of the molecule is CN(C(=O)O)C(C(=O)N[C@H]1CC[C@@H]2CN(S(=O)(=O)c3ccc(C(F)(F)F)cc3)C[C@@H]21)[C@@H](C1CCCCC1)C(C)(C)C. The average molecular weight is 602 g/mol. The third-order valence-electron chi connectivity index (χ3n) is 9.46. The highest BCUT2D eigenvalue weighted by molar-refractivity contribution is 7.89. The number of likely N-dealkylation sites (N-methyl/N-ethyl adjacent to an activating group) is 1. The zero-order valence-electron chi connectivity index (χ0n) is 24.2. The molecule has 3 fully saturated rings. The Bertz CT molecular complexity index is 1210. The summed E-state index contributed by atoms with van der Waals surface area (Å²) in [6.45, 7) is 6.52. The molecule has 0 radical (unpaired) electrons. The van der Waals surface area contributed by atoms with Crippen LogP contribution in [0.3, 0.4) is 0 Å². The van der Waals surface area contributed by atoms with Gasteiger partial charge >= 0.3 is 12.3 Å². The molecular weight excluding hydrogens is 559 g/mol. The second-order valence-corrected chi connectivity index (χ2v) is 15.0. The summed E-state index contributed by atoms with van der Waals surface area (Å²) in [4.78, 5) is 27.0. The van der Waals surface area contributed by atoms with E-state index in [-0.39, 0.29) is 59.0 Å². The van der Waals surface area contributed by atoms with Crippen molar-refractivity contribution < 1.29 is 36.3 Å². The molecule has 1 unspecified atom stereocenters. The van der Waals surface area contributed by atoms with Crippen LogP contribution in [0.25, 0.3) is 0 Å². The summed E-state index contributed by atoms with van der Waals surface area (Å²) in [7, 11) is -2.57. The predicted molar refractivity (Wildman–Crippen MR) is 147 cm³/mol. The van der Waals surface area contributed by atoms with Gasteiger partial charge in [-0.25, -0.2) is 13.2 Å². The van der Waals surface area contributed by atoms with Crippen LogP contribution in [0.15, 0.2) is 29.2 Å². The highest BCUT2D eigenvalue weighted by atomic mass is 32.2. The van der Waals surface area contributed by atoms with Gasteiger partial charge in [0.25, 0.3) is 0 Å². The first-order chi connectivity index (χ1) is 19.0. The average Bonchev–Trinajstić information content (AvgIpc) is 3.48. The van der Waals surface area contributed by atoms with Crippen LogP contribution in [-0.4, -0.2) is 67.0 Å². The van der Waals surface area contributed by atoms with Gasteiger partial charge in [0.15, 0.2) is 0 Å². The molecule has 41 heavy (non-hydrogen) atoms. The number of sulfonamides is 1. The van der Waals surface area contributed by atoms with Crippen molar-refractivity contribution in [2.45, 2.75) is 88.9 Å². The molecule has 1 saturated heterocycles. The molecule has 0 aromatic heterocycles. The quantitative estimate of drug-likeness (QED) is 0.433. The van der Waals surface area contributed by atoms with E-state index in [2.05, 4.69) is 26.1 Å². The van der Waals surface area contributed by atoms with Crippen LogP contribution in [0, 0.1) is 29.1 Å². The molecule has 2 saturated carbocycles. The van der Waals surface area contributed by atoms with Gasteiger partial charge in [-0.15, -0.1) is 0 Å². The van der Waals surface area contributed by atoms with Gasteiger partial charge in [0.1, 0.15) is 6.04 Å². The molecule has 1 heterocycles. The van der Waals surface area contributed by atoms with Crippen LogP contribution >= 0.6 is 0 Å². The largest absolute Gasteiger partial charge is 0.465 e. The van der Waals surface area contributed by atoms with Crippen LogP contribution in [0.2, 0.25) is 0 Å². The number of hydrogen-bond donors (Lipinski definition) is 2. The first kappa shape index (κ1) is 31.6. The fourth-order valence-electron chi connectivity index (χ4n) is 7.46. The van der Waals surface area contributed by atoms with E-state index in [0.29, 0.717) is 12.8 Å². The Kier molecular flexibility index (Phi) is 9.05. The Balaban J connectivity index is 1.52. The minimum absolute atomic E-state index is 0.00284. The summed E-state index contributed by atoms with van der Waals surface area (Å²) in [5, 5.41) is 13.1. The predicted octanol–water partition coefficient (Wildman–Crippen LogP) is 5.44. The van der Waals surface area contributed by atoms with Crippen LogP contribution in [0.1, 0.15) is 71.3 Å².